The highest BCUT2D eigenvalue weighted by Crippen LogP contribution is 2.08. The molecule has 0 aliphatic heterocycles. The molecular weight excluding hydrogens is 168 g/mol. The van der Waals surface area contributed by atoms with E-state index in [1.165, 1.54) is 6.20 Å². The van der Waals surface area contributed by atoms with Crippen LogP contribution in [0.2, 0.25) is 0 Å². The maximum absolute atomic E-state index is 8.77. The molecule has 0 spiro atoms. The van der Waals surface area contributed by atoms with Gasteiger partial charge in [-0.1, -0.05) is 0 Å². The van der Waals surface area contributed by atoms with Crippen molar-refractivity contribution in [3.63, 3.8) is 0 Å². The molecule has 5 heteroatoms. The van der Waals surface area contributed by atoms with E-state index >= 15 is 0 Å². The molecule has 0 saturated carbocycles. The van der Waals surface area contributed by atoms with Gasteiger partial charge in [-0.2, -0.15) is 0 Å². The van der Waals surface area contributed by atoms with Gasteiger partial charge in [0.1, 0.15) is 11.6 Å². The van der Waals surface area contributed by atoms with Crippen molar-refractivity contribution in [2.45, 2.75) is 6.92 Å². The maximum Gasteiger partial charge on any atom is 0.147 e. The lowest BCUT2D eigenvalue weighted by Crippen LogP contribution is -2.27. The summed E-state index contributed by atoms with van der Waals surface area (Å²) < 4.78 is 0. The van der Waals surface area contributed by atoms with Gasteiger partial charge in [0.05, 0.1) is 19.0 Å². The van der Waals surface area contributed by atoms with Crippen LogP contribution < -0.4 is 10.6 Å². The van der Waals surface area contributed by atoms with Crippen molar-refractivity contribution in [3.05, 3.63) is 12.4 Å². The Bertz CT molecular complexity index is 249. The normalized spacial score (nSPS) is 10.0. The van der Waals surface area contributed by atoms with E-state index in [2.05, 4.69) is 9.97 Å². The Kier molecular flexibility index (Phi) is 3.45. The molecule has 72 valence electrons. The molecule has 1 heterocycles. The van der Waals surface area contributed by atoms with Gasteiger partial charge in [0.2, 0.25) is 0 Å². The summed E-state index contributed by atoms with van der Waals surface area (Å²) in [6, 6.07) is 0. The predicted octanol–water partition coefficient (Wildman–Crippen LogP) is -0.123. The number of hydrogen-bond acceptors (Lipinski definition) is 5. The Morgan fingerprint density at radius 2 is 2.23 bits per heavy atom. The largest absolute Gasteiger partial charge is 0.395 e. The molecule has 0 saturated heterocycles. The molecular formula is C8H14N4O. The zero-order valence-electron chi connectivity index (χ0n) is 7.64. The van der Waals surface area contributed by atoms with Crippen molar-refractivity contribution >= 4 is 11.6 Å². The predicted molar refractivity (Wildman–Crippen MR) is 51.4 cm³/mol. The van der Waals surface area contributed by atoms with Gasteiger partial charge in [-0.05, 0) is 6.92 Å². The Hall–Kier alpha value is -1.36. The molecule has 1 aromatic rings. The number of rotatable bonds is 4. The van der Waals surface area contributed by atoms with Crippen LogP contribution in [-0.4, -0.2) is 34.8 Å². The summed E-state index contributed by atoms with van der Waals surface area (Å²) in [5.41, 5.74) is 5.40. The quantitative estimate of drug-likeness (QED) is 0.678. The number of anilines is 2. The summed E-state index contributed by atoms with van der Waals surface area (Å²) in [6.45, 7) is 3.46. The molecule has 0 amide bonds. The average Bonchev–Trinajstić information content (AvgIpc) is 2.16. The number of nitrogens with two attached hydrogens (primary N) is 1. The second-order valence-corrected chi connectivity index (χ2v) is 2.60. The molecule has 0 fully saturated rings. The fourth-order valence-electron chi connectivity index (χ4n) is 1.05. The number of nitrogen functional groups attached to an aromatic ring is 1. The Morgan fingerprint density at radius 3 is 2.69 bits per heavy atom. The van der Waals surface area contributed by atoms with Gasteiger partial charge < -0.3 is 15.7 Å². The first-order valence-corrected chi connectivity index (χ1v) is 4.21. The van der Waals surface area contributed by atoms with Crippen molar-refractivity contribution in [2.75, 3.05) is 30.3 Å². The molecule has 3 N–H and O–H groups in total. The summed E-state index contributed by atoms with van der Waals surface area (Å²) in [4.78, 5) is 9.94. The van der Waals surface area contributed by atoms with Crippen molar-refractivity contribution in [1.29, 1.82) is 0 Å². The minimum absolute atomic E-state index is 0.111. The molecule has 1 aromatic heterocycles. The lowest BCUT2D eigenvalue weighted by Gasteiger charge is -2.19. The minimum Gasteiger partial charge on any atom is -0.395 e. The lowest BCUT2D eigenvalue weighted by molar-refractivity contribution is 0.302. The molecule has 0 radical (unpaired) electrons. The molecule has 0 aliphatic rings. The Morgan fingerprint density at radius 1 is 1.46 bits per heavy atom. The van der Waals surface area contributed by atoms with E-state index in [4.69, 9.17) is 10.8 Å². The summed E-state index contributed by atoms with van der Waals surface area (Å²) in [5, 5.41) is 8.77. The third-order valence-electron chi connectivity index (χ3n) is 1.73. The number of nitrogens with zero attached hydrogens (tertiary/aromatic N) is 3. The van der Waals surface area contributed by atoms with Gasteiger partial charge in [-0.15, -0.1) is 0 Å². The SMILES string of the molecule is CCN(CCO)c1cnc(N)cn1. The number of aromatic nitrogens is 2. The van der Waals surface area contributed by atoms with Crippen molar-refractivity contribution in [2.24, 2.45) is 0 Å². The third-order valence-corrected chi connectivity index (χ3v) is 1.73. The van der Waals surface area contributed by atoms with Crippen LogP contribution in [-0.2, 0) is 0 Å². The van der Waals surface area contributed by atoms with Gasteiger partial charge in [-0.3, -0.25) is 0 Å². The topological polar surface area (TPSA) is 75.3 Å². The summed E-state index contributed by atoms with van der Waals surface area (Å²) in [7, 11) is 0. The van der Waals surface area contributed by atoms with Gasteiger partial charge in [-0.25, -0.2) is 9.97 Å². The molecule has 0 unspecified atom stereocenters. The van der Waals surface area contributed by atoms with Gasteiger partial charge >= 0.3 is 0 Å². The fourth-order valence-corrected chi connectivity index (χ4v) is 1.05. The van der Waals surface area contributed by atoms with E-state index in [-0.39, 0.29) is 6.61 Å². The van der Waals surface area contributed by atoms with Crippen LogP contribution in [0.5, 0.6) is 0 Å². The van der Waals surface area contributed by atoms with Gasteiger partial charge in [0.15, 0.2) is 0 Å². The van der Waals surface area contributed by atoms with Crippen molar-refractivity contribution in [3.8, 4) is 0 Å². The number of aliphatic hydroxyl groups is 1. The molecule has 0 bridgehead atoms. The smallest absolute Gasteiger partial charge is 0.147 e. The van der Waals surface area contributed by atoms with Crippen molar-refractivity contribution in [1.82, 2.24) is 9.97 Å². The van der Waals surface area contributed by atoms with Crippen LogP contribution in [0.25, 0.3) is 0 Å². The molecule has 0 aliphatic carbocycles. The zero-order valence-corrected chi connectivity index (χ0v) is 7.64. The molecule has 1 rings (SSSR count). The highest BCUT2D eigenvalue weighted by Gasteiger charge is 2.04. The number of hydrogen-bond donors (Lipinski definition) is 2. The Labute approximate surface area is 77.2 Å². The molecule has 0 aromatic carbocycles. The Balaban J connectivity index is 2.73. The van der Waals surface area contributed by atoms with Crippen LogP contribution in [0.15, 0.2) is 12.4 Å². The van der Waals surface area contributed by atoms with E-state index in [1.54, 1.807) is 6.20 Å². The van der Waals surface area contributed by atoms with E-state index in [9.17, 15) is 0 Å². The third kappa shape index (κ3) is 2.55. The van der Waals surface area contributed by atoms with Crippen LogP contribution in [0.3, 0.4) is 0 Å². The highest BCUT2D eigenvalue weighted by atomic mass is 16.3. The monoisotopic (exact) mass is 182 g/mol. The minimum atomic E-state index is 0.111. The standard InChI is InChI=1S/C8H14N4O/c1-2-12(3-4-13)8-6-10-7(9)5-11-8/h5-6,13H,2-4H2,1H3,(H2,9,10). The maximum atomic E-state index is 8.77. The summed E-state index contributed by atoms with van der Waals surface area (Å²) in [5.74, 6) is 1.15. The van der Waals surface area contributed by atoms with Crippen LogP contribution in [0.4, 0.5) is 11.6 Å². The average molecular weight is 182 g/mol. The van der Waals surface area contributed by atoms with Gasteiger partial charge in [0, 0.05) is 13.1 Å². The van der Waals surface area contributed by atoms with Crippen LogP contribution >= 0.6 is 0 Å². The van der Waals surface area contributed by atoms with Crippen molar-refractivity contribution < 1.29 is 5.11 Å². The lowest BCUT2D eigenvalue weighted by atomic mass is 10.4. The highest BCUT2D eigenvalue weighted by molar-refractivity contribution is 5.38. The first-order valence-electron chi connectivity index (χ1n) is 4.21. The van der Waals surface area contributed by atoms with Crippen LogP contribution in [0, 0.1) is 0 Å². The zero-order chi connectivity index (χ0) is 9.68. The van der Waals surface area contributed by atoms with E-state index in [1.807, 2.05) is 11.8 Å². The molecule has 13 heavy (non-hydrogen) atoms. The van der Waals surface area contributed by atoms with Crippen LogP contribution in [0.1, 0.15) is 6.92 Å². The number of aliphatic hydroxyl groups excluding tert-OH is 1. The van der Waals surface area contributed by atoms with Gasteiger partial charge in [0.25, 0.3) is 0 Å². The van der Waals surface area contributed by atoms with E-state index in [0.717, 1.165) is 12.4 Å². The second-order valence-electron chi connectivity index (χ2n) is 2.60. The number of likely N-dealkylation sites (N-methyl/N-ethyl adjacent to an activating group) is 1. The van der Waals surface area contributed by atoms with E-state index < -0.39 is 0 Å². The summed E-state index contributed by atoms with van der Waals surface area (Å²) in [6.07, 6.45) is 3.11. The van der Waals surface area contributed by atoms with E-state index in [0.29, 0.717) is 12.4 Å². The first-order chi connectivity index (χ1) is 6.27. The summed E-state index contributed by atoms with van der Waals surface area (Å²) >= 11 is 0. The fraction of sp³-hybridized carbons (Fsp3) is 0.500. The first kappa shape index (κ1) is 9.73. The second kappa shape index (κ2) is 4.61. The molecule has 5 nitrogen and oxygen atoms in total. The molecule has 0 atom stereocenters.